The number of hydrogen-bond donors (Lipinski definition) is 2. The Kier molecular flexibility index (Phi) is 16.7. The minimum atomic E-state index is -0.809. The van der Waals surface area contributed by atoms with Crippen LogP contribution in [0.2, 0.25) is 0 Å². The maximum atomic E-state index is 11.7. The molecule has 0 atom stereocenters. The summed E-state index contributed by atoms with van der Waals surface area (Å²) < 4.78 is 24.4. The molecule has 0 aromatic heterocycles. The van der Waals surface area contributed by atoms with Gasteiger partial charge in [-0.3, -0.25) is 9.59 Å². The zero-order valence-electron chi connectivity index (χ0n) is 37.8. The fraction of sp³-hybridized carbons (Fsp3) is 0.529. The normalized spacial score (nSPS) is 18.0. The molecule has 0 unspecified atom stereocenters. The van der Waals surface area contributed by atoms with Crippen LogP contribution in [0.15, 0.2) is 76.0 Å². The van der Waals surface area contributed by atoms with E-state index >= 15 is 0 Å². The van der Waals surface area contributed by atoms with Gasteiger partial charge in [-0.2, -0.15) is 0 Å². The van der Waals surface area contributed by atoms with Gasteiger partial charge >= 0.3 is 11.9 Å². The number of aliphatic carboxylic acids is 2. The lowest BCUT2D eigenvalue weighted by Gasteiger charge is -2.32. The van der Waals surface area contributed by atoms with Gasteiger partial charge in [0.1, 0.15) is 0 Å². The summed E-state index contributed by atoms with van der Waals surface area (Å²) in [6.07, 6.45) is 16.7. The van der Waals surface area contributed by atoms with Crippen LogP contribution in [0, 0.1) is 0 Å². The average molecular weight is 859 g/mol. The van der Waals surface area contributed by atoms with Crippen molar-refractivity contribution in [3.8, 4) is 23.0 Å². The summed E-state index contributed by atoms with van der Waals surface area (Å²) in [6, 6.07) is 8.47. The van der Waals surface area contributed by atoms with E-state index in [2.05, 4.69) is 81.2 Å². The molecular formula is C51H68ClNO8. The smallest absolute Gasteiger partial charge is 0.303 e. The van der Waals surface area contributed by atoms with E-state index in [9.17, 15) is 19.8 Å². The SMILES string of the molecule is CCOc1cc2c(cc1OCC)C(CC)(CC)C(/C=C/C1=C(Cl)C(=C/C=C3\N(CCCC(=O)O)c4cc(OCC)c(OCC)cc4C3(CC)CC)/CCC1)=C2CCCC(=O)O. The summed E-state index contributed by atoms with van der Waals surface area (Å²) >= 11 is 7.41. The van der Waals surface area contributed by atoms with E-state index in [1.165, 1.54) is 16.7 Å². The second-order valence-corrected chi connectivity index (χ2v) is 16.4. The molecule has 3 aliphatic rings. The number of hydrogen-bond acceptors (Lipinski definition) is 7. The molecule has 1 heterocycles. The van der Waals surface area contributed by atoms with Gasteiger partial charge in [-0.1, -0.05) is 57.5 Å². The van der Waals surface area contributed by atoms with Gasteiger partial charge in [-0.05, 0) is 155 Å². The van der Waals surface area contributed by atoms with Crippen molar-refractivity contribution in [2.75, 3.05) is 37.9 Å². The van der Waals surface area contributed by atoms with Crippen LogP contribution in [0.3, 0.4) is 0 Å². The second kappa shape index (κ2) is 21.4. The van der Waals surface area contributed by atoms with E-state index in [0.29, 0.717) is 63.7 Å². The summed E-state index contributed by atoms with van der Waals surface area (Å²) in [5.41, 5.74) is 9.53. The van der Waals surface area contributed by atoms with E-state index in [0.717, 1.165) is 95.1 Å². The maximum Gasteiger partial charge on any atom is 0.303 e. The van der Waals surface area contributed by atoms with Crippen LogP contribution in [-0.4, -0.2) is 55.1 Å². The first-order valence-corrected chi connectivity index (χ1v) is 23.1. The number of fused-ring (bicyclic) bond motifs is 2. The fourth-order valence-electron chi connectivity index (χ4n) is 9.94. The van der Waals surface area contributed by atoms with Gasteiger partial charge in [0.05, 0.1) is 26.4 Å². The minimum absolute atomic E-state index is 0.0760. The lowest BCUT2D eigenvalue weighted by molar-refractivity contribution is -0.138. The lowest BCUT2D eigenvalue weighted by Crippen LogP contribution is -2.31. The van der Waals surface area contributed by atoms with Crippen molar-refractivity contribution in [3.63, 3.8) is 0 Å². The quantitative estimate of drug-likeness (QED) is 0.113. The largest absolute Gasteiger partial charge is 0.490 e. The Morgan fingerprint density at radius 1 is 0.689 bits per heavy atom. The highest BCUT2D eigenvalue weighted by atomic mass is 35.5. The molecular weight excluding hydrogens is 790 g/mol. The lowest BCUT2D eigenvalue weighted by atomic mass is 9.72. The molecule has 332 valence electrons. The van der Waals surface area contributed by atoms with Crippen molar-refractivity contribution in [1.29, 1.82) is 0 Å². The van der Waals surface area contributed by atoms with E-state index < -0.39 is 11.9 Å². The fourth-order valence-corrected chi connectivity index (χ4v) is 10.3. The van der Waals surface area contributed by atoms with Gasteiger partial charge in [0, 0.05) is 52.7 Å². The van der Waals surface area contributed by atoms with Crippen LogP contribution in [-0.2, 0) is 20.4 Å². The molecule has 0 radical (unpaired) electrons. The minimum Gasteiger partial charge on any atom is -0.490 e. The summed E-state index contributed by atoms with van der Waals surface area (Å²) in [5.74, 6) is 1.24. The van der Waals surface area contributed by atoms with Gasteiger partial charge in [0.25, 0.3) is 0 Å². The molecule has 1 aliphatic heterocycles. The molecule has 2 aromatic carbocycles. The van der Waals surface area contributed by atoms with Gasteiger partial charge in [-0.15, -0.1) is 0 Å². The molecule has 2 aliphatic carbocycles. The number of rotatable bonds is 23. The Balaban J connectivity index is 1.62. The molecule has 2 aromatic rings. The van der Waals surface area contributed by atoms with Gasteiger partial charge in [-0.25, -0.2) is 0 Å². The molecule has 0 bridgehead atoms. The number of carboxylic acid groups (broad SMARTS) is 2. The Labute approximate surface area is 369 Å². The molecule has 0 spiro atoms. The van der Waals surface area contributed by atoms with Crippen molar-refractivity contribution in [2.24, 2.45) is 0 Å². The highest BCUT2D eigenvalue weighted by Gasteiger charge is 2.46. The summed E-state index contributed by atoms with van der Waals surface area (Å²) in [5, 5.41) is 19.9. The van der Waals surface area contributed by atoms with E-state index in [-0.39, 0.29) is 23.7 Å². The predicted octanol–water partition coefficient (Wildman–Crippen LogP) is 12.8. The number of nitrogens with zero attached hydrogens (tertiary/aromatic N) is 1. The van der Waals surface area contributed by atoms with E-state index in [4.69, 9.17) is 30.5 Å². The van der Waals surface area contributed by atoms with Gasteiger partial charge in [0.2, 0.25) is 0 Å². The molecule has 0 saturated heterocycles. The first-order chi connectivity index (χ1) is 29.4. The third-order valence-corrected chi connectivity index (χ3v) is 13.5. The molecule has 5 rings (SSSR count). The van der Waals surface area contributed by atoms with E-state index in [1.54, 1.807) is 0 Å². The van der Waals surface area contributed by atoms with Gasteiger partial charge < -0.3 is 34.1 Å². The van der Waals surface area contributed by atoms with Crippen molar-refractivity contribution >= 4 is 34.8 Å². The number of carboxylic acids is 2. The molecule has 9 nitrogen and oxygen atoms in total. The van der Waals surface area contributed by atoms with Crippen molar-refractivity contribution in [2.45, 2.75) is 143 Å². The van der Waals surface area contributed by atoms with Crippen LogP contribution in [0.5, 0.6) is 23.0 Å². The van der Waals surface area contributed by atoms with E-state index in [1.807, 2.05) is 27.7 Å². The topological polar surface area (TPSA) is 115 Å². The standard InChI is InChI=1S/C51H68ClNO8/c1-9-50(10-2)38(36(22-18-23-47(54)55)37-30-42(58-13-5)43(59-14-6)31-39(37)50)27-25-34-20-17-21-35(49(34)52)26-28-46-51(11-3,12-4)40-32-44(60-15-7)45(61-16-8)33-41(40)53(46)29-19-24-48(56)57/h25-28,30-33H,9-24,29H2,1-8H3,(H,54,55)(H,56,57)/b27-25+,35-26+,46-28-. The van der Waals surface area contributed by atoms with Crippen LogP contribution >= 0.6 is 11.6 Å². The Morgan fingerprint density at radius 3 is 1.79 bits per heavy atom. The zero-order chi connectivity index (χ0) is 44.3. The Hall–Kier alpha value is -4.63. The number of anilines is 1. The number of halogens is 1. The predicted molar refractivity (Wildman–Crippen MR) is 247 cm³/mol. The molecule has 2 N–H and O–H groups in total. The summed E-state index contributed by atoms with van der Waals surface area (Å²) in [7, 11) is 0. The van der Waals surface area contributed by atoms with Crippen molar-refractivity contribution < 1.29 is 38.7 Å². The first-order valence-electron chi connectivity index (χ1n) is 22.7. The third kappa shape index (κ3) is 9.72. The number of allylic oxidation sites excluding steroid dienone is 10. The first kappa shape index (κ1) is 47.4. The number of carbonyl (C=O) groups is 2. The van der Waals surface area contributed by atoms with Crippen LogP contribution < -0.4 is 23.8 Å². The average Bonchev–Trinajstić information content (AvgIpc) is 3.64. The van der Waals surface area contributed by atoms with Crippen molar-refractivity contribution in [3.05, 3.63) is 92.7 Å². The molecule has 0 saturated carbocycles. The molecule has 61 heavy (non-hydrogen) atoms. The Morgan fingerprint density at radius 2 is 1.23 bits per heavy atom. The number of benzene rings is 2. The second-order valence-electron chi connectivity index (χ2n) is 16.0. The monoisotopic (exact) mass is 857 g/mol. The van der Waals surface area contributed by atoms with Crippen LogP contribution in [0.25, 0.3) is 5.57 Å². The molecule has 10 heteroatoms. The summed E-state index contributed by atoms with van der Waals surface area (Å²) in [4.78, 5) is 25.7. The van der Waals surface area contributed by atoms with Gasteiger partial charge in [0.15, 0.2) is 23.0 Å². The highest BCUT2D eigenvalue weighted by molar-refractivity contribution is 6.32. The zero-order valence-corrected chi connectivity index (χ0v) is 38.6. The van der Waals surface area contributed by atoms with Crippen LogP contribution in [0.1, 0.15) is 149 Å². The third-order valence-electron chi connectivity index (χ3n) is 13.0. The van der Waals surface area contributed by atoms with Crippen molar-refractivity contribution in [1.82, 2.24) is 0 Å². The highest BCUT2D eigenvalue weighted by Crippen LogP contribution is 2.57. The summed E-state index contributed by atoms with van der Waals surface area (Å²) in [6.45, 7) is 19.4. The Bertz CT molecular complexity index is 2070. The maximum absolute atomic E-state index is 11.7. The molecule has 0 amide bonds. The number of ether oxygens (including phenoxy) is 4. The van der Waals surface area contributed by atoms with Crippen LogP contribution in [0.4, 0.5) is 5.69 Å². The molecule has 0 fully saturated rings.